The van der Waals surface area contributed by atoms with Gasteiger partial charge in [0.05, 0.1) is 21.8 Å². The molecule has 146 valence electrons. The maximum atomic E-state index is 12.8. The summed E-state index contributed by atoms with van der Waals surface area (Å²) in [6, 6.07) is 6.74. The van der Waals surface area contributed by atoms with Crippen LogP contribution < -0.4 is 10.5 Å². The first kappa shape index (κ1) is 20.2. The SMILES string of the molecule is CC[C@@H](O)C1(C)CCN(c2cc(=O)n(-c3cccc(Cl)c3Cl)c(C)n2)CC1. The normalized spacial score (nSPS) is 17.8. The number of aromatic nitrogens is 2. The number of aliphatic hydroxyl groups excluding tert-OH is 1. The molecule has 2 heterocycles. The predicted molar refractivity (Wildman–Crippen MR) is 110 cm³/mol. The molecule has 1 aromatic carbocycles. The van der Waals surface area contributed by atoms with Gasteiger partial charge in [0.15, 0.2) is 0 Å². The largest absolute Gasteiger partial charge is 0.393 e. The number of benzene rings is 1. The lowest BCUT2D eigenvalue weighted by atomic mass is 9.75. The zero-order chi connectivity index (χ0) is 19.8. The Kier molecular flexibility index (Phi) is 5.84. The van der Waals surface area contributed by atoms with Crippen LogP contribution >= 0.6 is 23.2 Å². The molecular weight excluding hydrogens is 385 g/mol. The molecule has 1 fully saturated rings. The van der Waals surface area contributed by atoms with Gasteiger partial charge in [-0.25, -0.2) is 4.98 Å². The van der Waals surface area contributed by atoms with E-state index in [-0.39, 0.29) is 17.1 Å². The fourth-order valence-corrected chi connectivity index (χ4v) is 4.16. The highest BCUT2D eigenvalue weighted by molar-refractivity contribution is 6.43. The fourth-order valence-electron chi connectivity index (χ4n) is 3.78. The van der Waals surface area contributed by atoms with Gasteiger partial charge in [-0.15, -0.1) is 0 Å². The van der Waals surface area contributed by atoms with Crippen LogP contribution in [0.3, 0.4) is 0 Å². The van der Waals surface area contributed by atoms with Crippen LogP contribution in [0.4, 0.5) is 5.82 Å². The minimum absolute atomic E-state index is 0.0798. The lowest BCUT2D eigenvalue weighted by molar-refractivity contribution is 0.0166. The van der Waals surface area contributed by atoms with E-state index in [2.05, 4.69) is 16.8 Å². The Bertz CT molecular complexity index is 889. The van der Waals surface area contributed by atoms with Gasteiger partial charge >= 0.3 is 0 Å². The molecule has 1 N–H and O–H groups in total. The summed E-state index contributed by atoms with van der Waals surface area (Å²) < 4.78 is 1.48. The summed E-state index contributed by atoms with van der Waals surface area (Å²) >= 11 is 12.4. The van der Waals surface area contributed by atoms with Gasteiger partial charge in [0.1, 0.15) is 11.6 Å². The second-order valence-corrected chi connectivity index (χ2v) is 8.26. The number of halogens is 2. The van der Waals surface area contributed by atoms with Crippen LogP contribution in [-0.4, -0.2) is 33.9 Å². The molecule has 7 heteroatoms. The van der Waals surface area contributed by atoms with Crippen molar-refractivity contribution in [2.75, 3.05) is 18.0 Å². The van der Waals surface area contributed by atoms with Gasteiger partial charge < -0.3 is 10.0 Å². The summed E-state index contributed by atoms with van der Waals surface area (Å²) in [6.07, 6.45) is 2.19. The van der Waals surface area contributed by atoms with E-state index < -0.39 is 0 Å². The van der Waals surface area contributed by atoms with E-state index in [0.29, 0.717) is 27.4 Å². The van der Waals surface area contributed by atoms with Gasteiger partial charge in [0.2, 0.25) is 0 Å². The molecule has 0 spiro atoms. The number of rotatable bonds is 4. The molecule has 0 bridgehead atoms. The molecule has 0 amide bonds. The molecule has 0 radical (unpaired) electrons. The average molecular weight is 410 g/mol. The van der Waals surface area contributed by atoms with Crippen LogP contribution in [-0.2, 0) is 0 Å². The van der Waals surface area contributed by atoms with Crippen LogP contribution in [0.5, 0.6) is 0 Å². The predicted octanol–water partition coefficient (Wildman–Crippen LogP) is 4.23. The molecule has 3 rings (SSSR count). The zero-order valence-electron chi connectivity index (χ0n) is 15.9. The van der Waals surface area contributed by atoms with E-state index in [1.54, 1.807) is 31.2 Å². The Balaban J connectivity index is 1.88. The van der Waals surface area contributed by atoms with E-state index in [1.807, 2.05) is 6.92 Å². The van der Waals surface area contributed by atoms with E-state index in [9.17, 15) is 9.90 Å². The molecule has 0 aliphatic carbocycles. The van der Waals surface area contributed by atoms with Crippen LogP contribution in [0.25, 0.3) is 5.69 Å². The van der Waals surface area contributed by atoms with Crippen molar-refractivity contribution in [1.29, 1.82) is 0 Å². The van der Waals surface area contributed by atoms with Gasteiger partial charge in [0.25, 0.3) is 5.56 Å². The van der Waals surface area contributed by atoms with E-state index in [1.165, 1.54) is 4.57 Å². The number of hydrogen-bond acceptors (Lipinski definition) is 4. The molecule has 2 aromatic rings. The van der Waals surface area contributed by atoms with Gasteiger partial charge in [-0.3, -0.25) is 9.36 Å². The minimum atomic E-state index is -0.299. The Labute approximate surface area is 169 Å². The zero-order valence-corrected chi connectivity index (χ0v) is 17.4. The molecule has 27 heavy (non-hydrogen) atoms. The van der Waals surface area contributed by atoms with E-state index in [4.69, 9.17) is 23.2 Å². The van der Waals surface area contributed by atoms with Crippen molar-refractivity contribution in [1.82, 2.24) is 9.55 Å². The van der Waals surface area contributed by atoms with Crippen molar-refractivity contribution in [2.45, 2.75) is 46.1 Å². The molecular formula is C20H25Cl2N3O2. The van der Waals surface area contributed by atoms with Gasteiger partial charge in [-0.05, 0) is 43.7 Å². The van der Waals surface area contributed by atoms with Gasteiger partial charge in [-0.1, -0.05) is 43.1 Å². The Morgan fingerprint density at radius 1 is 1.30 bits per heavy atom. The summed E-state index contributed by atoms with van der Waals surface area (Å²) in [6.45, 7) is 7.46. The Morgan fingerprint density at radius 2 is 1.96 bits per heavy atom. The van der Waals surface area contributed by atoms with Crippen molar-refractivity contribution >= 4 is 29.0 Å². The molecule has 0 saturated carbocycles. The number of piperidine rings is 1. The first-order valence-electron chi connectivity index (χ1n) is 9.25. The summed E-state index contributed by atoms with van der Waals surface area (Å²) in [4.78, 5) is 19.6. The van der Waals surface area contributed by atoms with Crippen molar-refractivity contribution in [3.63, 3.8) is 0 Å². The summed E-state index contributed by atoms with van der Waals surface area (Å²) in [5, 5.41) is 11.0. The summed E-state index contributed by atoms with van der Waals surface area (Å²) in [5.41, 5.74) is 0.260. The van der Waals surface area contributed by atoms with E-state index >= 15 is 0 Å². The Morgan fingerprint density at radius 3 is 2.56 bits per heavy atom. The second kappa shape index (κ2) is 7.82. The third-order valence-corrected chi connectivity index (χ3v) is 6.47. The number of anilines is 1. The van der Waals surface area contributed by atoms with Gasteiger partial charge in [-0.2, -0.15) is 0 Å². The van der Waals surface area contributed by atoms with Crippen molar-refractivity contribution in [3.05, 3.63) is 50.5 Å². The molecule has 1 aromatic heterocycles. The van der Waals surface area contributed by atoms with Crippen LogP contribution in [0.15, 0.2) is 29.1 Å². The summed E-state index contributed by atoms with van der Waals surface area (Å²) in [5.74, 6) is 1.23. The monoisotopic (exact) mass is 409 g/mol. The number of aliphatic hydroxyl groups is 1. The highest BCUT2D eigenvalue weighted by Crippen LogP contribution is 2.37. The molecule has 5 nitrogen and oxygen atoms in total. The van der Waals surface area contributed by atoms with Crippen LogP contribution in [0, 0.1) is 12.3 Å². The summed E-state index contributed by atoms with van der Waals surface area (Å²) in [7, 11) is 0. The third kappa shape index (κ3) is 3.86. The first-order valence-corrected chi connectivity index (χ1v) is 10.0. The highest BCUT2D eigenvalue weighted by atomic mass is 35.5. The number of aryl methyl sites for hydroxylation is 1. The average Bonchev–Trinajstić information content (AvgIpc) is 2.64. The maximum Gasteiger partial charge on any atom is 0.260 e. The van der Waals surface area contributed by atoms with Crippen molar-refractivity contribution < 1.29 is 5.11 Å². The van der Waals surface area contributed by atoms with Crippen molar-refractivity contribution in [3.8, 4) is 5.69 Å². The topological polar surface area (TPSA) is 58.4 Å². The molecule has 1 atom stereocenters. The molecule has 0 unspecified atom stereocenters. The lowest BCUT2D eigenvalue weighted by Crippen LogP contribution is -2.45. The third-order valence-electron chi connectivity index (χ3n) is 5.67. The first-order chi connectivity index (χ1) is 12.8. The minimum Gasteiger partial charge on any atom is -0.393 e. The Hall–Kier alpha value is -1.56. The molecule has 1 aliphatic heterocycles. The standard InChI is InChI=1S/C20H25Cl2N3O2/c1-4-16(26)20(3)8-10-24(11-9-20)17-12-18(27)25(13(2)23-17)15-7-5-6-14(21)19(15)22/h5-7,12,16,26H,4,8-11H2,1-3H3/t16-/m1/s1. The maximum absolute atomic E-state index is 12.8. The van der Waals surface area contributed by atoms with Gasteiger partial charge in [0, 0.05) is 19.2 Å². The van der Waals surface area contributed by atoms with Crippen LogP contribution in [0.2, 0.25) is 10.0 Å². The second-order valence-electron chi connectivity index (χ2n) is 7.47. The lowest BCUT2D eigenvalue weighted by Gasteiger charge is -2.42. The quantitative estimate of drug-likeness (QED) is 0.820. The van der Waals surface area contributed by atoms with E-state index in [0.717, 1.165) is 32.4 Å². The fraction of sp³-hybridized carbons (Fsp3) is 0.500. The smallest absolute Gasteiger partial charge is 0.260 e. The van der Waals surface area contributed by atoms with Crippen molar-refractivity contribution in [2.24, 2.45) is 5.41 Å². The molecule has 1 saturated heterocycles. The highest BCUT2D eigenvalue weighted by Gasteiger charge is 2.36. The molecule has 1 aliphatic rings. The number of hydrogen-bond donors (Lipinski definition) is 1. The van der Waals surface area contributed by atoms with Crippen LogP contribution in [0.1, 0.15) is 38.9 Å². The number of nitrogens with zero attached hydrogens (tertiary/aromatic N) is 3.